The van der Waals surface area contributed by atoms with Crippen LogP contribution in [0.4, 0.5) is 5.69 Å². The van der Waals surface area contributed by atoms with Crippen LogP contribution in [-0.4, -0.2) is 45.6 Å². The lowest BCUT2D eigenvalue weighted by molar-refractivity contribution is 0.190. The van der Waals surface area contributed by atoms with E-state index in [1.807, 2.05) is 24.3 Å². The molecular formula is C13H21NO3. The van der Waals surface area contributed by atoms with Crippen molar-refractivity contribution in [2.75, 3.05) is 45.4 Å². The van der Waals surface area contributed by atoms with Crippen molar-refractivity contribution >= 4 is 5.69 Å². The Morgan fingerprint density at radius 1 is 1.06 bits per heavy atom. The molecule has 0 saturated carbocycles. The Balaban J connectivity index is 2.78. The zero-order chi connectivity index (χ0) is 12.5. The van der Waals surface area contributed by atoms with Crippen LogP contribution in [-0.2, 0) is 16.1 Å². The van der Waals surface area contributed by atoms with Crippen LogP contribution in [0.2, 0.25) is 0 Å². The highest BCUT2D eigenvalue weighted by molar-refractivity contribution is 5.53. The van der Waals surface area contributed by atoms with E-state index in [-0.39, 0.29) is 6.61 Å². The molecule has 0 fully saturated rings. The number of benzene rings is 1. The number of anilines is 1. The fourth-order valence-electron chi connectivity index (χ4n) is 1.71. The SMILES string of the molecule is COCCN(CCOC)c1ccccc1CO. The van der Waals surface area contributed by atoms with E-state index >= 15 is 0 Å². The van der Waals surface area contributed by atoms with Crippen molar-refractivity contribution in [2.45, 2.75) is 6.61 Å². The van der Waals surface area contributed by atoms with Gasteiger partial charge < -0.3 is 19.5 Å². The number of hydrogen-bond acceptors (Lipinski definition) is 4. The molecule has 0 amide bonds. The summed E-state index contributed by atoms with van der Waals surface area (Å²) in [7, 11) is 3.37. The highest BCUT2D eigenvalue weighted by Crippen LogP contribution is 2.19. The quantitative estimate of drug-likeness (QED) is 0.742. The van der Waals surface area contributed by atoms with E-state index in [2.05, 4.69) is 4.90 Å². The molecule has 0 atom stereocenters. The summed E-state index contributed by atoms with van der Waals surface area (Å²) in [6, 6.07) is 7.85. The molecule has 0 aromatic heterocycles. The van der Waals surface area contributed by atoms with Gasteiger partial charge in [-0.15, -0.1) is 0 Å². The predicted octanol–water partition coefficient (Wildman–Crippen LogP) is 1.28. The maximum Gasteiger partial charge on any atom is 0.0702 e. The monoisotopic (exact) mass is 239 g/mol. The van der Waals surface area contributed by atoms with E-state index in [0.29, 0.717) is 13.2 Å². The van der Waals surface area contributed by atoms with Gasteiger partial charge in [0.1, 0.15) is 0 Å². The lowest BCUT2D eigenvalue weighted by Gasteiger charge is -2.26. The van der Waals surface area contributed by atoms with Gasteiger partial charge in [-0.05, 0) is 6.07 Å². The Morgan fingerprint density at radius 3 is 2.18 bits per heavy atom. The first kappa shape index (κ1) is 14.0. The molecule has 0 unspecified atom stereocenters. The van der Waals surface area contributed by atoms with E-state index in [1.165, 1.54) is 0 Å². The number of rotatable bonds is 8. The predicted molar refractivity (Wildman–Crippen MR) is 68.3 cm³/mol. The van der Waals surface area contributed by atoms with Gasteiger partial charge in [-0.2, -0.15) is 0 Å². The third-order valence-corrected chi connectivity index (χ3v) is 2.63. The van der Waals surface area contributed by atoms with E-state index < -0.39 is 0 Å². The third kappa shape index (κ3) is 4.34. The second-order valence-electron chi connectivity index (χ2n) is 3.76. The first-order valence-electron chi connectivity index (χ1n) is 5.75. The van der Waals surface area contributed by atoms with Crippen molar-refractivity contribution in [2.24, 2.45) is 0 Å². The first-order valence-corrected chi connectivity index (χ1v) is 5.75. The molecule has 4 nitrogen and oxygen atoms in total. The summed E-state index contributed by atoms with van der Waals surface area (Å²) in [6.45, 7) is 2.94. The molecule has 1 aromatic carbocycles. The molecule has 17 heavy (non-hydrogen) atoms. The zero-order valence-corrected chi connectivity index (χ0v) is 10.6. The topological polar surface area (TPSA) is 41.9 Å². The van der Waals surface area contributed by atoms with Crippen LogP contribution in [0.15, 0.2) is 24.3 Å². The number of aliphatic hydroxyl groups excluding tert-OH is 1. The Morgan fingerprint density at radius 2 is 1.65 bits per heavy atom. The Kier molecular flexibility index (Phi) is 6.62. The lowest BCUT2D eigenvalue weighted by Crippen LogP contribution is -2.31. The molecule has 96 valence electrons. The lowest BCUT2D eigenvalue weighted by atomic mass is 10.1. The number of nitrogens with zero attached hydrogens (tertiary/aromatic N) is 1. The van der Waals surface area contributed by atoms with Crippen molar-refractivity contribution in [3.8, 4) is 0 Å². The standard InChI is InChI=1S/C13H21NO3/c1-16-9-7-14(8-10-17-2)13-6-4-3-5-12(13)11-15/h3-6,15H,7-11H2,1-2H3. The number of methoxy groups -OCH3 is 2. The molecule has 1 rings (SSSR count). The van der Waals surface area contributed by atoms with Gasteiger partial charge in [-0.25, -0.2) is 0 Å². The van der Waals surface area contributed by atoms with Gasteiger partial charge in [-0.3, -0.25) is 0 Å². The van der Waals surface area contributed by atoms with Gasteiger partial charge in [0, 0.05) is 38.6 Å². The summed E-state index contributed by atoms with van der Waals surface area (Å²) in [5, 5.41) is 9.33. The highest BCUT2D eigenvalue weighted by Gasteiger charge is 2.09. The van der Waals surface area contributed by atoms with Crippen LogP contribution >= 0.6 is 0 Å². The second-order valence-corrected chi connectivity index (χ2v) is 3.76. The molecule has 0 heterocycles. The van der Waals surface area contributed by atoms with Crippen LogP contribution in [0.25, 0.3) is 0 Å². The molecule has 1 aromatic rings. The minimum atomic E-state index is 0.0483. The number of ether oxygens (including phenoxy) is 2. The maximum atomic E-state index is 9.33. The van der Waals surface area contributed by atoms with Crippen LogP contribution in [0, 0.1) is 0 Å². The van der Waals surface area contributed by atoms with Crippen molar-refractivity contribution < 1.29 is 14.6 Å². The average Bonchev–Trinajstić information content (AvgIpc) is 2.39. The largest absolute Gasteiger partial charge is 0.392 e. The van der Waals surface area contributed by atoms with E-state index in [4.69, 9.17) is 9.47 Å². The molecule has 4 heteroatoms. The van der Waals surface area contributed by atoms with Gasteiger partial charge in [0.05, 0.1) is 19.8 Å². The summed E-state index contributed by atoms with van der Waals surface area (Å²) in [5.74, 6) is 0. The molecule has 0 spiro atoms. The average molecular weight is 239 g/mol. The van der Waals surface area contributed by atoms with Crippen LogP contribution in [0.3, 0.4) is 0 Å². The smallest absolute Gasteiger partial charge is 0.0702 e. The summed E-state index contributed by atoms with van der Waals surface area (Å²) >= 11 is 0. The number of aliphatic hydroxyl groups is 1. The van der Waals surface area contributed by atoms with E-state index in [0.717, 1.165) is 24.3 Å². The van der Waals surface area contributed by atoms with E-state index in [1.54, 1.807) is 14.2 Å². The molecule has 0 aliphatic heterocycles. The maximum absolute atomic E-state index is 9.33. The van der Waals surface area contributed by atoms with Crippen LogP contribution in [0.5, 0.6) is 0 Å². The highest BCUT2D eigenvalue weighted by atomic mass is 16.5. The Hall–Kier alpha value is -1.10. The second kappa shape index (κ2) is 8.06. The number of hydrogen-bond donors (Lipinski definition) is 1. The van der Waals surface area contributed by atoms with Crippen molar-refractivity contribution in [1.82, 2.24) is 0 Å². The summed E-state index contributed by atoms with van der Waals surface area (Å²) in [4.78, 5) is 2.17. The number of para-hydroxylation sites is 1. The molecule has 0 bridgehead atoms. The van der Waals surface area contributed by atoms with Crippen molar-refractivity contribution in [3.05, 3.63) is 29.8 Å². The van der Waals surface area contributed by atoms with Gasteiger partial charge in [0.2, 0.25) is 0 Å². The zero-order valence-electron chi connectivity index (χ0n) is 10.6. The van der Waals surface area contributed by atoms with Crippen molar-refractivity contribution in [1.29, 1.82) is 0 Å². The first-order chi connectivity index (χ1) is 8.33. The van der Waals surface area contributed by atoms with Gasteiger partial charge >= 0.3 is 0 Å². The molecular weight excluding hydrogens is 218 g/mol. The van der Waals surface area contributed by atoms with Gasteiger partial charge in [0.25, 0.3) is 0 Å². The van der Waals surface area contributed by atoms with E-state index in [9.17, 15) is 5.11 Å². The fraction of sp³-hybridized carbons (Fsp3) is 0.538. The van der Waals surface area contributed by atoms with Gasteiger partial charge in [-0.1, -0.05) is 18.2 Å². The molecule has 0 aliphatic rings. The van der Waals surface area contributed by atoms with Crippen LogP contribution < -0.4 is 4.90 Å². The minimum Gasteiger partial charge on any atom is -0.392 e. The molecule has 0 saturated heterocycles. The van der Waals surface area contributed by atoms with Crippen LogP contribution in [0.1, 0.15) is 5.56 Å². The molecule has 0 aliphatic carbocycles. The summed E-state index contributed by atoms with van der Waals surface area (Å²) in [6.07, 6.45) is 0. The normalized spacial score (nSPS) is 10.5. The Bertz CT molecular complexity index is 309. The summed E-state index contributed by atoms with van der Waals surface area (Å²) in [5.41, 5.74) is 1.98. The molecule has 0 radical (unpaired) electrons. The fourth-order valence-corrected chi connectivity index (χ4v) is 1.71. The minimum absolute atomic E-state index is 0.0483. The van der Waals surface area contributed by atoms with Crippen molar-refractivity contribution in [3.63, 3.8) is 0 Å². The van der Waals surface area contributed by atoms with Gasteiger partial charge in [0.15, 0.2) is 0 Å². The Labute approximate surface area is 103 Å². The summed E-state index contributed by atoms with van der Waals surface area (Å²) < 4.78 is 10.2. The molecule has 1 N–H and O–H groups in total. The third-order valence-electron chi connectivity index (χ3n) is 2.63.